The van der Waals surface area contributed by atoms with Crippen LogP contribution in [0.15, 0.2) is 54.7 Å². The molecule has 0 spiro atoms. The fraction of sp³-hybridized carbons (Fsp3) is 0.111. The highest BCUT2D eigenvalue weighted by molar-refractivity contribution is 7.99. The third-order valence-corrected chi connectivity index (χ3v) is 4.48. The molecule has 0 amide bonds. The molecule has 0 saturated heterocycles. The van der Waals surface area contributed by atoms with Gasteiger partial charge >= 0.3 is 0 Å². The number of carbonyl (C=O) groups excluding carboxylic acids is 1. The van der Waals surface area contributed by atoms with Crippen LogP contribution in [0.3, 0.4) is 0 Å². The van der Waals surface area contributed by atoms with Gasteiger partial charge in [-0.1, -0.05) is 30.3 Å². The minimum absolute atomic E-state index is 0.135. The first-order valence-corrected chi connectivity index (χ1v) is 8.09. The van der Waals surface area contributed by atoms with Crippen LogP contribution < -0.4 is 0 Å². The van der Waals surface area contributed by atoms with E-state index in [-0.39, 0.29) is 5.78 Å². The zero-order valence-corrected chi connectivity index (χ0v) is 12.7. The van der Waals surface area contributed by atoms with E-state index < -0.39 is 0 Å². The molecular weight excluding hydrogens is 292 g/mol. The summed E-state index contributed by atoms with van der Waals surface area (Å²) in [4.78, 5) is 15.5. The van der Waals surface area contributed by atoms with Gasteiger partial charge in [-0.25, -0.2) is 0 Å². The quantitative estimate of drug-likeness (QED) is 0.720. The predicted octanol–water partition coefficient (Wildman–Crippen LogP) is 4.16. The van der Waals surface area contributed by atoms with Crippen LogP contribution in [0, 0.1) is 11.3 Å². The average Bonchev–Trinajstić information content (AvgIpc) is 2.99. The van der Waals surface area contributed by atoms with Gasteiger partial charge in [0.05, 0.1) is 17.4 Å². The Hall–Kier alpha value is -2.51. The van der Waals surface area contributed by atoms with E-state index in [1.54, 1.807) is 30.1 Å². The van der Waals surface area contributed by atoms with Gasteiger partial charge in [0.2, 0.25) is 0 Å². The zero-order chi connectivity index (χ0) is 15.4. The Labute approximate surface area is 133 Å². The van der Waals surface area contributed by atoms with Gasteiger partial charge in [-0.15, -0.1) is 11.8 Å². The number of rotatable bonds is 5. The molecule has 1 aromatic heterocycles. The van der Waals surface area contributed by atoms with Gasteiger partial charge in [0, 0.05) is 28.4 Å². The lowest BCUT2D eigenvalue weighted by Crippen LogP contribution is -2.01. The molecule has 3 aromatic rings. The van der Waals surface area contributed by atoms with Crippen LogP contribution in [0.5, 0.6) is 0 Å². The SMILES string of the molecule is N#Cc1ccc(CSCC(=O)c2c[nH]c3ccccc23)cc1. The Bertz CT molecular complexity index is 843. The Kier molecular flexibility index (Phi) is 4.27. The van der Waals surface area contributed by atoms with Crippen molar-refractivity contribution in [2.75, 3.05) is 5.75 Å². The molecule has 0 aliphatic rings. The summed E-state index contributed by atoms with van der Waals surface area (Å²) in [5.41, 5.74) is 3.52. The maximum atomic E-state index is 12.3. The van der Waals surface area contributed by atoms with Gasteiger partial charge < -0.3 is 4.98 Å². The Balaban J connectivity index is 1.61. The van der Waals surface area contributed by atoms with Crippen LogP contribution in [0.4, 0.5) is 0 Å². The van der Waals surface area contributed by atoms with Crippen molar-refractivity contribution >= 4 is 28.4 Å². The second kappa shape index (κ2) is 6.50. The largest absolute Gasteiger partial charge is 0.360 e. The van der Waals surface area contributed by atoms with Crippen LogP contribution in [0.2, 0.25) is 0 Å². The number of Topliss-reactive ketones (excluding diaryl/α,β-unsaturated/α-hetero) is 1. The van der Waals surface area contributed by atoms with Crippen molar-refractivity contribution in [2.24, 2.45) is 0 Å². The van der Waals surface area contributed by atoms with Gasteiger partial charge in [-0.3, -0.25) is 4.79 Å². The van der Waals surface area contributed by atoms with Crippen molar-refractivity contribution in [3.05, 3.63) is 71.4 Å². The van der Waals surface area contributed by atoms with E-state index in [1.807, 2.05) is 36.4 Å². The maximum Gasteiger partial charge on any atom is 0.174 e. The lowest BCUT2D eigenvalue weighted by atomic mass is 10.1. The highest BCUT2D eigenvalue weighted by Gasteiger charge is 2.11. The minimum atomic E-state index is 0.135. The fourth-order valence-corrected chi connectivity index (χ4v) is 3.19. The molecule has 1 heterocycles. The number of benzene rings is 2. The van der Waals surface area contributed by atoms with Crippen molar-refractivity contribution in [1.29, 1.82) is 5.26 Å². The summed E-state index contributed by atoms with van der Waals surface area (Å²) in [7, 11) is 0. The molecule has 3 rings (SSSR count). The Morgan fingerprint density at radius 3 is 2.68 bits per heavy atom. The average molecular weight is 306 g/mol. The van der Waals surface area contributed by atoms with Crippen molar-refractivity contribution < 1.29 is 4.79 Å². The van der Waals surface area contributed by atoms with Gasteiger partial charge in [-0.05, 0) is 23.8 Å². The number of ketones is 1. The molecule has 0 saturated carbocycles. The molecule has 1 N–H and O–H groups in total. The summed E-state index contributed by atoms with van der Waals surface area (Å²) in [6, 6.07) is 17.4. The first-order valence-electron chi connectivity index (χ1n) is 6.94. The second-order valence-corrected chi connectivity index (χ2v) is 5.96. The number of hydrogen-bond acceptors (Lipinski definition) is 3. The number of H-pyrrole nitrogens is 1. The third kappa shape index (κ3) is 3.05. The number of nitriles is 1. The van der Waals surface area contributed by atoms with Crippen molar-refractivity contribution in [3.8, 4) is 6.07 Å². The van der Waals surface area contributed by atoms with E-state index >= 15 is 0 Å². The van der Waals surface area contributed by atoms with E-state index in [0.717, 1.165) is 27.8 Å². The Morgan fingerprint density at radius 2 is 1.91 bits per heavy atom. The van der Waals surface area contributed by atoms with Gasteiger partial charge in [-0.2, -0.15) is 5.26 Å². The van der Waals surface area contributed by atoms with Crippen molar-refractivity contribution in [3.63, 3.8) is 0 Å². The molecule has 108 valence electrons. The summed E-state index contributed by atoms with van der Waals surface area (Å²) >= 11 is 1.59. The molecule has 0 aliphatic carbocycles. The summed E-state index contributed by atoms with van der Waals surface area (Å²) in [6.45, 7) is 0. The number of nitrogens with one attached hydrogen (secondary N) is 1. The van der Waals surface area contributed by atoms with E-state index in [1.165, 1.54) is 0 Å². The van der Waals surface area contributed by atoms with Crippen molar-refractivity contribution in [1.82, 2.24) is 4.98 Å². The molecule has 0 radical (unpaired) electrons. The predicted molar refractivity (Wildman–Crippen MR) is 89.9 cm³/mol. The number of thioether (sulfide) groups is 1. The molecule has 0 aliphatic heterocycles. The third-order valence-electron chi connectivity index (χ3n) is 3.47. The number of hydrogen-bond donors (Lipinski definition) is 1. The van der Waals surface area contributed by atoms with E-state index in [2.05, 4.69) is 11.1 Å². The van der Waals surface area contributed by atoms with Gasteiger partial charge in [0.15, 0.2) is 5.78 Å². The molecule has 3 nitrogen and oxygen atoms in total. The molecule has 0 atom stereocenters. The summed E-state index contributed by atoms with van der Waals surface area (Å²) in [6.07, 6.45) is 1.79. The monoisotopic (exact) mass is 306 g/mol. The number of para-hydroxylation sites is 1. The zero-order valence-electron chi connectivity index (χ0n) is 11.9. The molecule has 0 fully saturated rings. The Morgan fingerprint density at radius 1 is 1.14 bits per heavy atom. The number of carbonyl (C=O) groups is 1. The fourth-order valence-electron chi connectivity index (χ4n) is 2.32. The van der Waals surface area contributed by atoms with Gasteiger partial charge in [0.25, 0.3) is 0 Å². The number of aromatic nitrogens is 1. The lowest BCUT2D eigenvalue weighted by molar-refractivity contribution is 0.102. The maximum absolute atomic E-state index is 12.3. The van der Waals surface area contributed by atoms with Crippen LogP contribution in [-0.4, -0.2) is 16.5 Å². The standard InChI is InChI=1S/C18H14N2OS/c19-9-13-5-7-14(8-6-13)11-22-12-18(21)16-10-20-17-4-2-1-3-15(16)17/h1-8,10,20H,11-12H2. The van der Waals surface area contributed by atoms with Crippen molar-refractivity contribution in [2.45, 2.75) is 5.75 Å². The normalized spacial score (nSPS) is 10.5. The number of nitrogens with zero attached hydrogens (tertiary/aromatic N) is 1. The van der Waals surface area contributed by atoms with E-state index in [9.17, 15) is 4.79 Å². The smallest absolute Gasteiger partial charge is 0.174 e. The molecule has 2 aromatic carbocycles. The topological polar surface area (TPSA) is 56.6 Å². The highest BCUT2D eigenvalue weighted by Crippen LogP contribution is 2.21. The van der Waals surface area contributed by atoms with E-state index in [0.29, 0.717) is 11.3 Å². The molecule has 0 bridgehead atoms. The summed E-state index contributed by atoms with van der Waals surface area (Å²) in [5, 5.41) is 9.74. The molecule has 22 heavy (non-hydrogen) atoms. The number of aromatic amines is 1. The van der Waals surface area contributed by atoms with Gasteiger partial charge in [0.1, 0.15) is 0 Å². The van der Waals surface area contributed by atoms with Crippen LogP contribution in [0.1, 0.15) is 21.5 Å². The summed E-state index contributed by atoms with van der Waals surface area (Å²) in [5.74, 6) is 1.35. The molecular formula is C18H14N2OS. The molecule has 4 heteroatoms. The minimum Gasteiger partial charge on any atom is -0.360 e. The number of fused-ring (bicyclic) bond motifs is 1. The van der Waals surface area contributed by atoms with Crippen LogP contribution >= 0.6 is 11.8 Å². The van der Waals surface area contributed by atoms with Crippen LogP contribution in [-0.2, 0) is 5.75 Å². The van der Waals surface area contributed by atoms with Crippen LogP contribution in [0.25, 0.3) is 10.9 Å². The lowest BCUT2D eigenvalue weighted by Gasteiger charge is -2.02. The molecule has 0 unspecified atom stereocenters. The first-order chi connectivity index (χ1) is 10.8. The summed E-state index contributed by atoms with van der Waals surface area (Å²) < 4.78 is 0. The van der Waals surface area contributed by atoms with E-state index in [4.69, 9.17) is 5.26 Å². The second-order valence-electron chi connectivity index (χ2n) is 4.97. The first kappa shape index (κ1) is 14.4. The highest BCUT2D eigenvalue weighted by atomic mass is 32.2.